The van der Waals surface area contributed by atoms with E-state index >= 15 is 0 Å². The molecule has 1 unspecified atom stereocenters. The summed E-state index contributed by atoms with van der Waals surface area (Å²) in [6.45, 7) is 4.05. The number of aryl methyl sites for hydroxylation is 2. The molecule has 5 rings (SSSR count). The van der Waals surface area contributed by atoms with Crippen LogP contribution in [0.1, 0.15) is 39.5 Å². The van der Waals surface area contributed by atoms with Gasteiger partial charge in [-0.1, -0.05) is 18.2 Å². The Balaban J connectivity index is 1.44. The van der Waals surface area contributed by atoms with Gasteiger partial charge in [0.25, 0.3) is 5.91 Å². The van der Waals surface area contributed by atoms with Crippen LogP contribution in [0.4, 0.5) is 5.69 Å². The maximum atomic E-state index is 13.0. The molecule has 0 aliphatic heterocycles. The lowest BCUT2D eigenvalue weighted by molar-refractivity contribution is 0.102. The van der Waals surface area contributed by atoms with Gasteiger partial charge in [-0.2, -0.15) is 10.4 Å². The topological polar surface area (TPSA) is 112 Å². The molecule has 1 atom stereocenters. The number of rotatable bonds is 6. The number of hydrogen-bond donors (Lipinski definition) is 2. The van der Waals surface area contributed by atoms with Crippen molar-refractivity contribution in [3.05, 3.63) is 95.7 Å². The van der Waals surface area contributed by atoms with Crippen molar-refractivity contribution >= 4 is 22.6 Å². The monoisotopic (exact) mass is 461 g/mol. The molecule has 3 heterocycles. The molecule has 172 valence electrons. The SMILES string of the molecule is Cc1ccc(NC(=O)c2cccc(C(CC#N)n3cc(-c4ncnc5[nH]ccc45)cn3)c2)cc1C. The molecule has 5 aromatic rings. The summed E-state index contributed by atoms with van der Waals surface area (Å²) in [5.41, 5.74) is 6.70. The first-order valence-corrected chi connectivity index (χ1v) is 11.2. The van der Waals surface area contributed by atoms with E-state index in [1.807, 2.05) is 68.7 Å². The molecule has 0 bridgehead atoms. The van der Waals surface area contributed by atoms with Gasteiger partial charge in [-0.15, -0.1) is 0 Å². The quantitative estimate of drug-likeness (QED) is 0.361. The summed E-state index contributed by atoms with van der Waals surface area (Å²) in [5.74, 6) is -0.206. The first kappa shape index (κ1) is 22.0. The van der Waals surface area contributed by atoms with E-state index < -0.39 is 0 Å². The molecule has 0 saturated heterocycles. The third-order valence-electron chi connectivity index (χ3n) is 6.13. The van der Waals surface area contributed by atoms with Crippen molar-refractivity contribution in [1.29, 1.82) is 5.26 Å². The predicted molar refractivity (Wildman–Crippen MR) is 134 cm³/mol. The van der Waals surface area contributed by atoms with Gasteiger partial charge in [-0.3, -0.25) is 9.48 Å². The number of carbonyl (C=O) groups excluding carboxylic acids is 1. The minimum absolute atomic E-state index is 0.201. The van der Waals surface area contributed by atoms with Gasteiger partial charge >= 0.3 is 0 Å². The van der Waals surface area contributed by atoms with Gasteiger partial charge in [0.05, 0.1) is 30.4 Å². The summed E-state index contributed by atoms with van der Waals surface area (Å²) >= 11 is 0. The molecule has 2 aromatic carbocycles. The molecule has 0 aliphatic carbocycles. The van der Waals surface area contributed by atoms with Crippen LogP contribution in [0.25, 0.3) is 22.3 Å². The zero-order chi connectivity index (χ0) is 24.4. The van der Waals surface area contributed by atoms with E-state index in [2.05, 4.69) is 31.4 Å². The normalized spacial score (nSPS) is 11.8. The van der Waals surface area contributed by atoms with Crippen molar-refractivity contribution in [3.8, 4) is 17.3 Å². The van der Waals surface area contributed by atoms with E-state index in [9.17, 15) is 10.1 Å². The number of hydrogen-bond acceptors (Lipinski definition) is 5. The molecule has 3 aromatic heterocycles. The molecule has 35 heavy (non-hydrogen) atoms. The first-order valence-electron chi connectivity index (χ1n) is 11.2. The van der Waals surface area contributed by atoms with E-state index in [1.54, 1.807) is 16.9 Å². The van der Waals surface area contributed by atoms with E-state index in [1.165, 1.54) is 11.9 Å². The summed E-state index contributed by atoms with van der Waals surface area (Å²) in [4.78, 5) is 24.7. The minimum atomic E-state index is -0.355. The van der Waals surface area contributed by atoms with E-state index in [0.717, 1.165) is 39.1 Å². The number of benzene rings is 2. The Kier molecular flexibility index (Phi) is 5.81. The van der Waals surface area contributed by atoms with Gasteiger partial charge in [0.2, 0.25) is 0 Å². The maximum absolute atomic E-state index is 13.0. The third-order valence-corrected chi connectivity index (χ3v) is 6.13. The van der Waals surface area contributed by atoms with E-state index in [4.69, 9.17) is 0 Å². The van der Waals surface area contributed by atoms with Crippen LogP contribution in [0.3, 0.4) is 0 Å². The second kappa shape index (κ2) is 9.23. The smallest absolute Gasteiger partial charge is 0.255 e. The Labute approximate surface area is 202 Å². The van der Waals surface area contributed by atoms with Crippen molar-refractivity contribution in [2.75, 3.05) is 5.32 Å². The summed E-state index contributed by atoms with van der Waals surface area (Å²) in [6, 6.07) is 17.0. The Morgan fingerprint density at radius 3 is 2.86 bits per heavy atom. The molecular weight excluding hydrogens is 438 g/mol. The zero-order valence-corrected chi connectivity index (χ0v) is 19.4. The highest BCUT2D eigenvalue weighted by Crippen LogP contribution is 2.28. The predicted octanol–water partition coefficient (Wildman–Crippen LogP) is 5.19. The highest BCUT2D eigenvalue weighted by atomic mass is 16.1. The van der Waals surface area contributed by atoms with Crippen LogP contribution in [0.5, 0.6) is 0 Å². The van der Waals surface area contributed by atoms with Gasteiger partial charge in [0.15, 0.2) is 0 Å². The van der Waals surface area contributed by atoms with Gasteiger partial charge < -0.3 is 10.3 Å². The fourth-order valence-electron chi connectivity index (χ4n) is 4.09. The fraction of sp³-hybridized carbons (Fsp3) is 0.148. The molecule has 0 spiro atoms. The van der Waals surface area contributed by atoms with E-state index in [0.29, 0.717) is 5.56 Å². The van der Waals surface area contributed by atoms with Crippen molar-refractivity contribution < 1.29 is 4.79 Å². The van der Waals surface area contributed by atoms with Crippen molar-refractivity contribution in [3.63, 3.8) is 0 Å². The van der Waals surface area contributed by atoms with Crippen LogP contribution < -0.4 is 5.32 Å². The lowest BCUT2D eigenvalue weighted by Crippen LogP contribution is -2.15. The van der Waals surface area contributed by atoms with Crippen LogP contribution in [-0.4, -0.2) is 30.6 Å². The van der Waals surface area contributed by atoms with Crippen LogP contribution >= 0.6 is 0 Å². The molecule has 1 amide bonds. The van der Waals surface area contributed by atoms with Crippen LogP contribution in [0.15, 0.2) is 73.4 Å². The first-order chi connectivity index (χ1) is 17.0. The molecular formula is C27H23N7O. The largest absolute Gasteiger partial charge is 0.346 e. The Morgan fingerprint density at radius 1 is 1.14 bits per heavy atom. The number of aromatic nitrogens is 5. The number of anilines is 1. The third kappa shape index (κ3) is 4.39. The van der Waals surface area contributed by atoms with Crippen molar-refractivity contribution in [2.24, 2.45) is 0 Å². The molecule has 8 heteroatoms. The molecule has 2 N–H and O–H groups in total. The number of nitrogens with one attached hydrogen (secondary N) is 2. The average Bonchev–Trinajstić information content (AvgIpc) is 3.55. The highest BCUT2D eigenvalue weighted by Gasteiger charge is 2.19. The second-order valence-corrected chi connectivity index (χ2v) is 8.43. The van der Waals surface area contributed by atoms with Crippen molar-refractivity contribution in [1.82, 2.24) is 24.7 Å². The fourth-order valence-corrected chi connectivity index (χ4v) is 4.09. The minimum Gasteiger partial charge on any atom is -0.346 e. The lowest BCUT2D eigenvalue weighted by atomic mass is 10.0. The Hall–Kier alpha value is -4.77. The Bertz CT molecular complexity index is 1570. The van der Waals surface area contributed by atoms with Crippen LogP contribution in [0.2, 0.25) is 0 Å². The van der Waals surface area contributed by atoms with Gasteiger partial charge in [-0.05, 0) is 60.9 Å². The number of nitrogens with zero attached hydrogens (tertiary/aromatic N) is 5. The van der Waals surface area contributed by atoms with Crippen molar-refractivity contribution in [2.45, 2.75) is 26.3 Å². The van der Waals surface area contributed by atoms with Gasteiger partial charge in [0.1, 0.15) is 12.0 Å². The summed E-state index contributed by atoms with van der Waals surface area (Å²) in [7, 11) is 0. The van der Waals surface area contributed by atoms with Crippen LogP contribution in [0, 0.1) is 25.2 Å². The maximum Gasteiger partial charge on any atom is 0.255 e. The highest BCUT2D eigenvalue weighted by molar-refractivity contribution is 6.04. The number of H-pyrrole nitrogens is 1. The Morgan fingerprint density at radius 2 is 2.03 bits per heavy atom. The zero-order valence-electron chi connectivity index (χ0n) is 19.4. The number of fused-ring (bicyclic) bond motifs is 1. The van der Waals surface area contributed by atoms with Gasteiger partial charge in [-0.25, -0.2) is 9.97 Å². The standard InChI is InChI=1S/C27H23N7O/c1-17-6-7-22(12-18(17)2)33-27(35)20-5-3-4-19(13-20)24(8-10-28)34-15-21(14-32-34)25-23-9-11-29-26(23)31-16-30-25/h3-7,9,11-16,24H,8H2,1-2H3,(H,33,35)(H,29,30,31). The summed E-state index contributed by atoms with van der Waals surface area (Å²) in [6.07, 6.45) is 7.14. The summed E-state index contributed by atoms with van der Waals surface area (Å²) in [5, 5.41) is 17.9. The van der Waals surface area contributed by atoms with Gasteiger partial charge in [0, 0.05) is 34.6 Å². The average molecular weight is 462 g/mol. The van der Waals surface area contributed by atoms with E-state index in [-0.39, 0.29) is 18.4 Å². The molecule has 0 radical (unpaired) electrons. The molecule has 0 saturated carbocycles. The number of carbonyl (C=O) groups is 1. The number of nitriles is 1. The number of amides is 1. The lowest BCUT2D eigenvalue weighted by Gasteiger charge is -2.16. The second-order valence-electron chi connectivity index (χ2n) is 8.43. The number of aromatic amines is 1. The summed E-state index contributed by atoms with van der Waals surface area (Å²) < 4.78 is 1.75. The molecule has 8 nitrogen and oxygen atoms in total. The molecule has 0 fully saturated rings. The van der Waals surface area contributed by atoms with Crippen LogP contribution in [-0.2, 0) is 0 Å². The molecule has 0 aliphatic rings.